The van der Waals surface area contributed by atoms with Crippen LogP contribution in [0.1, 0.15) is 30.9 Å². The van der Waals surface area contributed by atoms with E-state index in [9.17, 15) is 0 Å². The third-order valence-corrected chi connectivity index (χ3v) is 3.74. The molecule has 0 aromatic heterocycles. The van der Waals surface area contributed by atoms with Gasteiger partial charge in [-0.3, -0.25) is 0 Å². The maximum absolute atomic E-state index is 6.41. The van der Waals surface area contributed by atoms with Crippen LogP contribution in [0.4, 0.5) is 0 Å². The average molecular weight is 270 g/mol. The number of hydrogen-bond donors (Lipinski definition) is 1. The Morgan fingerprint density at radius 1 is 1.53 bits per heavy atom. The van der Waals surface area contributed by atoms with Crippen LogP contribution < -0.4 is 10.5 Å². The van der Waals surface area contributed by atoms with E-state index in [0.717, 1.165) is 28.6 Å². The standard InChI is InChI=1S/C12H16BrNO/c1-3-12(14)4-5-15-11-9(12)6-8(2)7-10(11)13/h6-7H,3-5,14H2,1-2H3. The Hall–Kier alpha value is -0.540. The molecule has 0 fully saturated rings. The molecule has 2 nitrogen and oxygen atoms in total. The lowest BCUT2D eigenvalue weighted by Crippen LogP contribution is -2.41. The molecule has 0 radical (unpaired) electrons. The number of rotatable bonds is 1. The highest BCUT2D eigenvalue weighted by molar-refractivity contribution is 9.10. The molecule has 0 spiro atoms. The first-order valence-electron chi connectivity index (χ1n) is 5.29. The summed E-state index contributed by atoms with van der Waals surface area (Å²) in [6, 6.07) is 4.21. The van der Waals surface area contributed by atoms with E-state index in [0.29, 0.717) is 6.61 Å². The van der Waals surface area contributed by atoms with Gasteiger partial charge in [-0.05, 0) is 40.9 Å². The van der Waals surface area contributed by atoms with Crippen LogP contribution in [-0.2, 0) is 5.54 Å². The number of nitrogens with two attached hydrogens (primary N) is 1. The number of halogens is 1. The Morgan fingerprint density at radius 2 is 2.27 bits per heavy atom. The van der Waals surface area contributed by atoms with Gasteiger partial charge in [0.1, 0.15) is 5.75 Å². The van der Waals surface area contributed by atoms with Crippen molar-refractivity contribution in [3.8, 4) is 5.75 Å². The Balaban J connectivity index is 2.60. The van der Waals surface area contributed by atoms with Gasteiger partial charge in [0, 0.05) is 17.5 Å². The summed E-state index contributed by atoms with van der Waals surface area (Å²) in [5.74, 6) is 0.927. The Labute approximate surface area is 98.9 Å². The van der Waals surface area contributed by atoms with Crippen LogP contribution in [-0.4, -0.2) is 6.61 Å². The van der Waals surface area contributed by atoms with Crippen LogP contribution >= 0.6 is 15.9 Å². The molecule has 15 heavy (non-hydrogen) atoms. The Morgan fingerprint density at radius 3 is 2.93 bits per heavy atom. The van der Waals surface area contributed by atoms with E-state index < -0.39 is 0 Å². The van der Waals surface area contributed by atoms with Gasteiger partial charge in [-0.1, -0.05) is 13.0 Å². The minimum atomic E-state index is -0.220. The molecule has 0 amide bonds. The lowest BCUT2D eigenvalue weighted by Gasteiger charge is -2.35. The number of benzene rings is 1. The van der Waals surface area contributed by atoms with E-state index in [1.54, 1.807) is 0 Å². The molecule has 0 aliphatic carbocycles. The van der Waals surface area contributed by atoms with Gasteiger partial charge < -0.3 is 10.5 Å². The molecule has 1 unspecified atom stereocenters. The fourth-order valence-electron chi connectivity index (χ4n) is 2.08. The molecule has 82 valence electrons. The van der Waals surface area contributed by atoms with Gasteiger partial charge in [-0.15, -0.1) is 0 Å². The second-order valence-electron chi connectivity index (χ2n) is 4.23. The second-order valence-corrected chi connectivity index (χ2v) is 5.09. The van der Waals surface area contributed by atoms with E-state index in [4.69, 9.17) is 10.5 Å². The fraction of sp³-hybridized carbons (Fsp3) is 0.500. The minimum Gasteiger partial charge on any atom is -0.492 e. The molecule has 1 heterocycles. The Bertz CT molecular complexity index is 391. The van der Waals surface area contributed by atoms with Crippen LogP contribution in [0.5, 0.6) is 5.75 Å². The van der Waals surface area contributed by atoms with Crippen molar-refractivity contribution < 1.29 is 4.74 Å². The van der Waals surface area contributed by atoms with E-state index in [1.165, 1.54) is 5.56 Å². The Kier molecular flexibility index (Phi) is 2.77. The summed E-state index contributed by atoms with van der Waals surface area (Å²) < 4.78 is 6.69. The normalized spacial score (nSPS) is 24.5. The summed E-state index contributed by atoms with van der Waals surface area (Å²) in [7, 11) is 0. The van der Waals surface area contributed by atoms with Crippen molar-refractivity contribution in [3.05, 3.63) is 27.7 Å². The largest absolute Gasteiger partial charge is 0.492 e. The smallest absolute Gasteiger partial charge is 0.138 e. The number of aryl methyl sites for hydroxylation is 1. The summed E-state index contributed by atoms with van der Waals surface area (Å²) in [4.78, 5) is 0. The van der Waals surface area contributed by atoms with Crippen molar-refractivity contribution in [2.75, 3.05) is 6.61 Å². The molecular formula is C12H16BrNO. The van der Waals surface area contributed by atoms with Gasteiger partial charge in [0.25, 0.3) is 0 Å². The van der Waals surface area contributed by atoms with E-state index >= 15 is 0 Å². The molecule has 1 aromatic carbocycles. The van der Waals surface area contributed by atoms with Crippen LogP contribution in [0.25, 0.3) is 0 Å². The molecule has 0 saturated carbocycles. The van der Waals surface area contributed by atoms with Crippen LogP contribution in [0, 0.1) is 6.92 Å². The van der Waals surface area contributed by atoms with Gasteiger partial charge >= 0.3 is 0 Å². The van der Waals surface area contributed by atoms with Crippen molar-refractivity contribution in [2.24, 2.45) is 5.73 Å². The van der Waals surface area contributed by atoms with E-state index in [-0.39, 0.29) is 5.54 Å². The lowest BCUT2D eigenvalue weighted by atomic mass is 9.83. The summed E-state index contributed by atoms with van der Waals surface area (Å²) in [6.45, 7) is 4.92. The van der Waals surface area contributed by atoms with Crippen molar-refractivity contribution in [1.29, 1.82) is 0 Å². The SMILES string of the molecule is CCC1(N)CCOc2c(Br)cc(C)cc21. The predicted molar refractivity (Wildman–Crippen MR) is 65.1 cm³/mol. The molecule has 2 rings (SSSR count). The molecule has 1 aromatic rings. The maximum Gasteiger partial charge on any atom is 0.138 e. The first kappa shape index (κ1) is 11.0. The quantitative estimate of drug-likeness (QED) is 0.851. The highest BCUT2D eigenvalue weighted by atomic mass is 79.9. The minimum absolute atomic E-state index is 0.220. The highest BCUT2D eigenvalue weighted by Gasteiger charge is 2.33. The predicted octanol–water partition coefficient (Wildman–Crippen LogP) is 3.10. The summed E-state index contributed by atoms with van der Waals surface area (Å²) in [5, 5.41) is 0. The zero-order valence-corrected chi connectivity index (χ0v) is 10.7. The second kappa shape index (κ2) is 3.80. The number of ether oxygens (including phenoxy) is 1. The first-order valence-corrected chi connectivity index (χ1v) is 6.08. The monoisotopic (exact) mass is 269 g/mol. The topological polar surface area (TPSA) is 35.2 Å². The van der Waals surface area contributed by atoms with Crippen molar-refractivity contribution >= 4 is 15.9 Å². The molecule has 0 saturated heterocycles. The summed E-state index contributed by atoms with van der Waals surface area (Å²) in [6.07, 6.45) is 1.84. The van der Waals surface area contributed by atoms with Gasteiger partial charge in [0.2, 0.25) is 0 Å². The third-order valence-electron chi connectivity index (χ3n) is 3.15. The van der Waals surface area contributed by atoms with Crippen LogP contribution in [0.3, 0.4) is 0 Å². The number of hydrogen-bond acceptors (Lipinski definition) is 2. The molecule has 1 atom stereocenters. The molecule has 2 N–H and O–H groups in total. The van der Waals surface area contributed by atoms with Crippen molar-refractivity contribution in [1.82, 2.24) is 0 Å². The highest BCUT2D eigenvalue weighted by Crippen LogP contribution is 2.42. The molecule has 0 bridgehead atoms. The van der Waals surface area contributed by atoms with E-state index in [2.05, 4.69) is 41.9 Å². The van der Waals surface area contributed by atoms with Crippen LogP contribution in [0.2, 0.25) is 0 Å². The average Bonchev–Trinajstić information content (AvgIpc) is 2.20. The molecule has 1 aliphatic rings. The van der Waals surface area contributed by atoms with Crippen molar-refractivity contribution in [3.63, 3.8) is 0 Å². The van der Waals surface area contributed by atoms with Gasteiger partial charge in [-0.25, -0.2) is 0 Å². The summed E-state index contributed by atoms with van der Waals surface area (Å²) in [5.41, 5.74) is 8.55. The number of fused-ring (bicyclic) bond motifs is 1. The maximum atomic E-state index is 6.41. The molecule has 1 aliphatic heterocycles. The lowest BCUT2D eigenvalue weighted by molar-refractivity contribution is 0.211. The first-order chi connectivity index (χ1) is 7.07. The zero-order chi connectivity index (χ0) is 11.1. The van der Waals surface area contributed by atoms with Gasteiger partial charge in [0.15, 0.2) is 0 Å². The van der Waals surface area contributed by atoms with Gasteiger partial charge in [-0.2, -0.15) is 0 Å². The van der Waals surface area contributed by atoms with Crippen LogP contribution in [0.15, 0.2) is 16.6 Å². The molecule has 3 heteroatoms. The fourth-order valence-corrected chi connectivity index (χ4v) is 2.77. The van der Waals surface area contributed by atoms with Crippen molar-refractivity contribution in [2.45, 2.75) is 32.2 Å². The van der Waals surface area contributed by atoms with E-state index in [1.807, 2.05) is 0 Å². The molecular weight excluding hydrogens is 254 g/mol. The van der Waals surface area contributed by atoms with Gasteiger partial charge in [0.05, 0.1) is 11.1 Å². The zero-order valence-electron chi connectivity index (χ0n) is 9.14. The third kappa shape index (κ3) is 1.79. The summed E-state index contributed by atoms with van der Waals surface area (Å²) >= 11 is 3.53.